The van der Waals surface area contributed by atoms with Crippen molar-refractivity contribution in [2.24, 2.45) is 5.41 Å². The van der Waals surface area contributed by atoms with E-state index in [-0.39, 0.29) is 11.9 Å². The molecule has 0 saturated heterocycles. The minimum atomic E-state index is -0.716. The molecular formula is C20H23NO3. The molecule has 1 unspecified atom stereocenters. The van der Waals surface area contributed by atoms with Crippen LogP contribution in [0.25, 0.3) is 0 Å². The second kappa shape index (κ2) is 7.77. The second-order valence-corrected chi connectivity index (χ2v) is 6.67. The summed E-state index contributed by atoms with van der Waals surface area (Å²) in [5.74, 6) is -0.616. The van der Waals surface area contributed by atoms with Crippen molar-refractivity contribution in [3.8, 4) is 0 Å². The summed E-state index contributed by atoms with van der Waals surface area (Å²) in [6, 6.07) is 18.5. The highest BCUT2D eigenvalue weighted by Crippen LogP contribution is 2.17. The van der Waals surface area contributed by atoms with E-state index in [0.29, 0.717) is 12.0 Å². The van der Waals surface area contributed by atoms with Gasteiger partial charge in [0.2, 0.25) is 0 Å². The molecule has 0 saturated carbocycles. The standard InChI is InChI=1S/C20H23NO3/c1-20(2,3)19(23)24-17(14-15-10-6-4-7-11-15)21-18(22)16-12-8-5-9-13-16/h4-13,17H,14H2,1-3H3,(H,21,22). The molecule has 0 fully saturated rings. The number of carbonyl (C=O) groups is 2. The lowest BCUT2D eigenvalue weighted by atomic mass is 9.97. The third-order valence-electron chi connectivity index (χ3n) is 3.45. The largest absolute Gasteiger partial charge is 0.441 e. The maximum absolute atomic E-state index is 12.4. The number of nitrogens with one attached hydrogen (secondary N) is 1. The van der Waals surface area contributed by atoms with Crippen LogP contribution in [0.4, 0.5) is 0 Å². The molecule has 24 heavy (non-hydrogen) atoms. The average molecular weight is 325 g/mol. The molecule has 1 N–H and O–H groups in total. The van der Waals surface area contributed by atoms with Crippen molar-refractivity contribution >= 4 is 11.9 Å². The number of amides is 1. The molecule has 0 aliphatic carbocycles. The summed E-state index contributed by atoms with van der Waals surface area (Å²) >= 11 is 0. The van der Waals surface area contributed by atoms with Crippen LogP contribution < -0.4 is 5.32 Å². The van der Waals surface area contributed by atoms with Crippen molar-refractivity contribution in [3.63, 3.8) is 0 Å². The van der Waals surface area contributed by atoms with Gasteiger partial charge in [-0.25, -0.2) is 0 Å². The Hall–Kier alpha value is -2.62. The zero-order valence-corrected chi connectivity index (χ0v) is 14.3. The third-order valence-corrected chi connectivity index (χ3v) is 3.45. The Kier molecular flexibility index (Phi) is 5.74. The van der Waals surface area contributed by atoms with E-state index >= 15 is 0 Å². The van der Waals surface area contributed by atoms with E-state index in [0.717, 1.165) is 5.56 Å². The Balaban J connectivity index is 2.13. The fraction of sp³-hybridized carbons (Fsp3) is 0.300. The zero-order valence-electron chi connectivity index (χ0n) is 14.3. The highest BCUT2D eigenvalue weighted by atomic mass is 16.6. The molecule has 2 aromatic rings. The summed E-state index contributed by atoms with van der Waals surface area (Å²) in [5.41, 5.74) is 0.881. The van der Waals surface area contributed by atoms with E-state index in [1.807, 2.05) is 36.4 Å². The van der Waals surface area contributed by atoms with Crippen molar-refractivity contribution in [1.29, 1.82) is 0 Å². The number of rotatable bonds is 5. The highest BCUT2D eigenvalue weighted by Gasteiger charge is 2.27. The first-order valence-corrected chi connectivity index (χ1v) is 7.97. The van der Waals surface area contributed by atoms with E-state index < -0.39 is 11.6 Å². The van der Waals surface area contributed by atoms with Crippen molar-refractivity contribution < 1.29 is 14.3 Å². The van der Waals surface area contributed by atoms with Gasteiger partial charge in [0.05, 0.1) is 5.41 Å². The Labute approximate surface area is 142 Å². The van der Waals surface area contributed by atoms with Crippen molar-refractivity contribution in [1.82, 2.24) is 5.32 Å². The molecule has 0 aromatic heterocycles. The van der Waals surface area contributed by atoms with E-state index in [1.54, 1.807) is 45.0 Å². The van der Waals surface area contributed by atoms with E-state index in [1.165, 1.54) is 0 Å². The van der Waals surface area contributed by atoms with Gasteiger partial charge < -0.3 is 10.1 Å². The Bertz CT molecular complexity index is 675. The van der Waals surface area contributed by atoms with Crippen LogP contribution in [0.3, 0.4) is 0 Å². The molecule has 1 atom stereocenters. The molecule has 0 heterocycles. The lowest BCUT2D eigenvalue weighted by Gasteiger charge is -2.24. The van der Waals surface area contributed by atoms with Gasteiger partial charge in [-0.05, 0) is 38.5 Å². The molecular weight excluding hydrogens is 302 g/mol. The van der Waals surface area contributed by atoms with Gasteiger partial charge in [-0.2, -0.15) is 0 Å². The number of hydrogen-bond acceptors (Lipinski definition) is 3. The Morgan fingerprint density at radius 1 is 0.958 bits per heavy atom. The fourth-order valence-electron chi connectivity index (χ4n) is 2.08. The van der Waals surface area contributed by atoms with Crippen LogP contribution in [-0.4, -0.2) is 18.1 Å². The number of hydrogen-bond donors (Lipinski definition) is 1. The summed E-state index contributed by atoms with van der Waals surface area (Å²) in [7, 11) is 0. The van der Waals surface area contributed by atoms with Crippen LogP contribution in [0.1, 0.15) is 36.7 Å². The summed E-state index contributed by atoms with van der Waals surface area (Å²) in [4.78, 5) is 24.6. The molecule has 4 nitrogen and oxygen atoms in total. The van der Waals surface area contributed by atoms with Crippen LogP contribution in [0.2, 0.25) is 0 Å². The van der Waals surface area contributed by atoms with E-state index in [4.69, 9.17) is 4.74 Å². The van der Waals surface area contributed by atoms with E-state index in [9.17, 15) is 9.59 Å². The van der Waals surface area contributed by atoms with Gasteiger partial charge in [0, 0.05) is 12.0 Å². The van der Waals surface area contributed by atoms with Crippen molar-refractivity contribution in [3.05, 3.63) is 71.8 Å². The first-order valence-electron chi connectivity index (χ1n) is 7.97. The monoisotopic (exact) mass is 325 g/mol. The predicted molar refractivity (Wildman–Crippen MR) is 93.4 cm³/mol. The van der Waals surface area contributed by atoms with Crippen molar-refractivity contribution in [2.45, 2.75) is 33.4 Å². The topological polar surface area (TPSA) is 55.4 Å². The average Bonchev–Trinajstić information content (AvgIpc) is 2.55. The minimum Gasteiger partial charge on any atom is -0.441 e. The maximum atomic E-state index is 12.4. The number of esters is 1. The van der Waals surface area contributed by atoms with Crippen LogP contribution in [0.5, 0.6) is 0 Å². The van der Waals surface area contributed by atoms with Crippen LogP contribution in [-0.2, 0) is 16.0 Å². The van der Waals surface area contributed by atoms with Gasteiger partial charge in [0.15, 0.2) is 6.23 Å². The molecule has 126 valence electrons. The fourth-order valence-corrected chi connectivity index (χ4v) is 2.08. The van der Waals surface area contributed by atoms with Gasteiger partial charge in [-0.15, -0.1) is 0 Å². The number of ether oxygens (including phenoxy) is 1. The Morgan fingerprint density at radius 3 is 2.04 bits per heavy atom. The maximum Gasteiger partial charge on any atom is 0.313 e. The first-order chi connectivity index (χ1) is 11.4. The minimum absolute atomic E-state index is 0.266. The van der Waals surface area contributed by atoms with Gasteiger partial charge >= 0.3 is 5.97 Å². The summed E-state index contributed by atoms with van der Waals surface area (Å²) in [6.07, 6.45) is -0.298. The predicted octanol–water partition coefficient (Wildman–Crippen LogP) is 3.57. The van der Waals surface area contributed by atoms with Crippen LogP contribution in [0, 0.1) is 5.41 Å². The second-order valence-electron chi connectivity index (χ2n) is 6.67. The van der Waals surface area contributed by atoms with Gasteiger partial charge in [0.1, 0.15) is 0 Å². The lowest BCUT2D eigenvalue weighted by molar-refractivity contribution is -0.159. The molecule has 0 aliphatic heterocycles. The molecule has 4 heteroatoms. The van der Waals surface area contributed by atoms with Crippen molar-refractivity contribution in [2.75, 3.05) is 0 Å². The molecule has 1 amide bonds. The van der Waals surface area contributed by atoms with Gasteiger partial charge in [0.25, 0.3) is 5.91 Å². The number of carbonyl (C=O) groups excluding carboxylic acids is 2. The quantitative estimate of drug-likeness (QED) is 0.675. The van der Waals surface area contributed by atoms with Crippen LogP contribution in [0.15, 0.2) is 60.7 Å². The zero-order chi connectivity index (χ0) is 17.6. The normalized spacial score (nSPS) is 12.3. The lowest BCUT2D eigenvalue weighted by Crippen LogP contribution is -2.42. The summed E-state index contributed by atoms with van der Waals surface area (Å²) < 4.78 is 5.54. The molecule has 2 aromatic carbocycles. The SMILES string of the molecule is CC(C)(C)C(=O)OC(Cc1ccccc1)NC(=O)c1ccccc1. The van der Waals surface area contributed by atoms with E-state index in [2.05, 4.69) is 5.32 Å². The molecule has 0 bridgehead atoms. The molecule has 0 aliphatic rings. The third kappa shape index (κ3) is 5.23. The van der Waals surface area contributed by atoms with Gasteiger partial charge in [-0.3, -0.25) is 9.59 Å². The van der Waals surface area contributed by atoms with Gasteiger partial charge in [-0.1, -0.05) is 48.5 Å². The molecule has 2 rings (SSSR count). The number of benzene rings is 2. The first kappa shape index (κ1) is 17.7. The highest BCUT2D eigenvalue weighted by molar-refractivity contribution is 5.94. The molecule has 0 radical (unpaired) electrons. The van der Waals surface area contributed by atoms with Crippen LogP contribution >= 0.6 is 0 Å². The molecule has 0 spiro atoms. The smallest absolute Gasteiger partial charge is 0.313 e. The summed E-state index contributed by atoms with van der Waals surface area (Å²) in [6.45, 7) is 5.36. The summed E-state index contributed by atoms with van der Waals surface area (Å²) in [5, 5.41) is 2.80. The Morgan fingerprint density at radius 2 is 1.50 bits per heavy atom.